The maximum Gasteiger partial charge on any atom is 0.195 e. The van der Waals surface area contributed by atoms with Crippen LogP contribution in [0.4, 0.5) is 0 Å². The fraction of sp³-hybridized carbons (Fsp3) is 0.444. The molecule has 0 aromatic carbocycles. The Kier molecular flexibility index (Phi) is 3.47. The van der Waals surface area contributed by atoms with Gasteiger partial charge >= 0.3 is 0 Å². The maximum atomic E-state index is 9.05. The van der Waals surface area contributed by atoms with Crippen molar-refractivity contribution in [3.8, 4) is 0 Å². The minimum atomic E-state index is -0.102. The molecule has 86 valence electrons. The number of hydrogen-bond acceptors (Lipinski definition) is 4. The number of aliphatic hydroxyl groups excluding tert-OH is 1. The van der Waals surface area contributed by atoms with E-state index in [-0.39, 0.29) is 6.61 Å². The van der Waals surface area contributed by atoms with E-state index in [0.29, 0.717) is 10.6 Å². The fourth-order valence-electron chi connectivity index (χ4n) is 1.53. The third-order valence-electron chi connectivity index (χ3n) is 2.31. The second kappa shape index (κ2) is 5.04. The van der Waals surface area contributed by atoms with Crippen molar-refractivity contribution in [1.29, 1.82) is 0 Å². The van der Waals surface area contributed by atoms with Gasteiger partial charge in [-0.2, -0.15) is 10.2 Å². The summed E-state index contributed by atoms with van der Waals surface area (Å²) in [4.78, 5) is 0. The summed E-state index contributed by atoms with van der Waals surface area (Å²) in [7, 11) is 0. The van der Waals surface area contributed by atoms with Gasteiger partial charge < -0.3 is 9.67 Å². The van der Waals surface area contributed by atoms with Crippen LogP contribution in [0.2, 0.25) is 0 Å². The molecule has 2 aromatic heterocycles. The molecule has 0 bridgehead atoms. The van der Waals surface area contributed by atoms with Crippen molar-refractivity contribution in [2.45, 2.75) is 26.1 Å². The molecule has 0 saturated heterocycles. The summed E-state index contributed by atoms with van der Waals surface area (Å²) in [5.74, 6) is 0.575. The Bertz CT molecular complexity index is 486. The summed E-state index contributed by atoms with van der Waals surface area (Å²) in [6.07, 6.45) is 4.56. The molecule has 2 rings (SSSR count). The molecule has 6 nitrogen and oxygen atoms in total. The highest BCUT2D eigenvalue weighted by molar-refractivity contribution is 7.71. The van der Waals surface area contributed by atoms with Crippen LogP contribution in [0.1, 0.15) is 12.2 Å². The minimum absolute atomic E-state index is 0.102. The van der Waals surface area contributed by atoms with E-state index in [1.54, 1.807) is 10.8 Å². The average molecular weight is 239 g/mol. The molecular formula is C9H13N5OS. The molecule has 0 amide bonds. The Morgan fingerprint density at radius 1 is 1.44 bits per heavy atom. The molecule has 2 N–H and O–H groups in total. The SMILES string of the molecule is OCc1n[nH]c(=S)n1CCCn1cccn1. The molecule has 7 heteroatoms. The van der Waals surface area contributed by atoms with E-state index in [4.69, 9.17) is 17.3 Å². The third-order valence-corrected chi connectivity index (χ3v) is 2.62. The number of aromatic amines is 1. The lowest BCUT2D eigenvalue weighted by atomic mass is 10.4. The molecule has 0 aliphatic rings. The van der Waals surface area contributed by atoms with Crippen molar-refractivity contribution in [3.05, 3.63) is 29.1 Å². The quantitative estimate of drug-likeness (QED) is 0.754. The summed E-state index contributed by atoms with van der Waals surface area (Å²) < 4.78 is 4.21. The summed E-state index contributed by atoms with van der Waals surface area (Å²) in [5, 5.41) is 19.7. The Hall–Kier alpha value is -1.47. The molecular weight excluding hydrogens is 226 g/mol. The van der Waals surface area contributed by atoms with E-state index in [0.717, 1.165) is 19.5 Å². The molecule has 0 radical (unpaired) electrons. The smallest absolute Gasteiger partial charge is 0.195 e. The predicted octanol–water partition coefficient (Wildman–Crippen LogP) is 0.720. The van der Waals surface area contributed by atoms with Crippen LogP contribution in [0.5, 0.6) is 0 Å². The first-order chi connectivity index (χ1) is 7.81. The van der Waals surface area contributed by atoms with Gasteiger partial charge in [0.15, 0.2) is 10.6 Å². The minimum Gasteiger partial charge on any atom is -0.388 e. The maximum absolute atomic E-state index is 9.05. The molecule has 0 aliphatic heterocycles. The predicted molar refractivity (Wildman–Crippen MR) is 60.2 cm³/mol. The number of rotatable bonds is 5. The summed E-state index contributed by atoms with van der Waals surface area (Å²) in [6, 6.07) is 1.89. The van der Waals surface area contributed by atoms with Gasteiger partial charge in [-0.05, 0) is 24.7 Å². The molecule has 16 heavy (non-hydrogen) atoms. The van der Waals surface area contributed by atoms with Crippen LogP contribution in [0.3, 0.4) is 0 Å². The number of aromatic nitrogens is 5. The van der Waals surface area contributed by atoms with Crippen molar-refractivity contribution in [2.24, 2.45) is 0 Å². The number of nitrogens with zero attached hydrogens (tertiary/aromatic N) is 4. The highest BCUT2D eigenvalue weighted by Crippen LogP contribution is 2.01. The average Bonchev–Trinajstić information content (AvgIpc) is 2.90. The van der Waals surface area contributed by atoms with E-state index in [1.807, 2.05) is 16.9 Å². The number of aliphatic hydroxyl groups is 1. The zero-order chi connectivity index (χ0) is 11.4. The van der Waals surface area contributed by atoms with Crippen LogP contribution in [-0.2, 0) is 19.7 Å². The van der Waals surface area contributed by atoms with Crippen molar-refractivity contribution < 1.29 is 5.11 Å². The Morgan fingerprint density at radius 3 is 3.00 bits per heavy atom. The van der Waals surface area contributed by atoms with E-state index >= 15 is 0 Å². The highest BCUT2D eigenvalue weighted by atomic mass is 32.1. The van der Waals surface area contributed by atoms with Crippen LogP contribution in [0.15, 0.2) is 18.5 Å². The standard InChI is InChI=1S/C9H13N5OS/c15-7-8-11-12-9(16)14(8)6-2-5-13-4-1-3-10-13/h1,3-4,15H,2,5-7H2,(H,12,16). The second-order valence-corrected chi connectivity index (χ2v) is 3.76. The van der Waals surface area contributed by atoms with Crippen LogP contribution >= 0.6 is 12.2 Å². The lowest BCUT2D eigenvalue weighted by molar-refractivity contribution is 0.263. The Balaban J connectivity index is 1.94. The zero-order valence-corrected chi connectivity index (χ0v) is 9.52. The van der Waals surface area contributed by atoms with Gasteiger partial charge in [-0.15, -0.1) is 0 Å². The normalized spacial score (nSPS) is 10.8. The van der Waals surface area contributed by atoms with Crippen LogP contribution in [-0.4, -0.2) is 29.7 Å². The molecule has 0 fully saturated rings. The topological polar surface area (TPSA) is 71.7 Å². The largest absolute Gasteiger partial charge is 0.388 e. The molecule has 0 atom stereocenters. The molecule has 2 aromatic rings. The first-order valence-corrected chi connectivity index (χ1v) is 5.44. The first kappa shape index (κ1) is 11.0. The molecule has 0 saturated carbocycles. The molecule has 2 heterocycles. The van der Waals surface area contributed by atoms with Gasteiger partial charge in [0.05, 0.1) is 0 Å². The monoisotopic (exact) mass is 239 g/mol. The molecule has 0 aliphatic carbocycles. The molecule has 0 spiro atoms. The van der Waals surface area contributed by atoms with Crippen LogP contribution < -0.4 is 0 Å². The van der Waals surface area contributed by atoms with E-state index in [2.05, 4.69) is 15.3 Å². The van der Waals surface area contributed by atoms with Crippen LogP contribution in [0.25, 0.3) is 0 Å². The third kappa shape index (κ3) is 2.37. The van der Waals surface area contributed by atoms with Crippen molar-refractivity contribution in [2.75, 3.05) is 0 Å². The summed E-state index contributed by atoms with van der Waals surface area (Å²) in [5.41, 5.74) is 0. The van der Waals surface area contributed by atoms with Crippen LogP contribution in [0, 0.1) is 4.77 Å². The lowest BCUT2D eigenvalue weighted by Crippen LogP contribution is -2.07. The van der Waals surface area contributed by atoms with Gasteiger partial charge in [-0.3, -0.25) is 9.78 Å². The number of aryl methyl sites for hydroxylation is 1. The van der Waals surface area contributed by atoms with Gasteiger partial charge in [-0.1, -0.05) is 0 Å². The van der Waals surface area contributed by atoms with Gasteiger partial charge in [0.1, 0.15) is 6.61 Å². The van der Waals surface area contributed by atoms with Gasteiger partial charge in [0.25, 0.3) is 0 Å². The van der Waals surface area contributed by atoms with E-state index < -0.39 is 0 Å². The number of H-pyrrole nitrogens is 1. The number of nitrogens with one attached hydrogen (secondary N) is 1. The number of hydrogen-bond donors (Lipinski definition) is 2. The van der Waals surface area contributed by atoms with Gasteiger partial charge in [0, 0.05) is 25.5 Å². The zero-order valence-electron chi connectivity index (χ0n) is 8.70. The summed E-state index contributed by atoms with van der Waals surface area (Å²) >= 11 is 5.06. The van der Waals surface area contributed by atoms with Crippen molar-refractivity contribution >= 4 is 12.2 Å². The van der Waals surface area contributed by atoms with Crippen molar-refractivity contribution in [1.82, 2.24) is 24.5 Å². The van der Waals surface area contributed by atoms with Gasteiger partial charge in [-0.25, -0.2) is 0 Å². The van der Waals surface area contributed by atoms with Crippen molar-refractivity contribution in [3.63, 3.8) is 0 Å². The Labute approximate surface area is 97.5 Å². The lowest BCUT2D eigenvalue weighted by Gasteiger charge is -2.05. The summed E-state index contributed by atoms with van der Waals surface area (Å²) in [6.45, 7) is 1.45. The fourth-order valence-corrected chi connectivity index (χ4v) is 1.77. The second-order valence-electron chi connectivity index (χ2n) is 3.38. The van der Waals surface area contributed by atoms with E-state index in [9.17, 15) is 0 Å². The molecule has 0 unspecified atom stereocenters. The van der Waals surface area contributed by atoms with Gasteiger partial charge in [0.2, 0.25) is 0 Å². The Morgan fingerprint density at radius 2 is 2.31 bits per heavy atom. The first-order valence-electron chi connectivity index (χ1n) is 5.03. The van der Waals surface area contributed by atoms with E-state index in [1.165, 1.54) is 0 Å². The highest BCUT2D eigenvalue weighted by Gasteiger charge is 2.03.